The number of ether oxygens (including phenoxy) is 1. The van der Waals surface area contributed by atoms with Crippen LogP contribution in [0, 0.1) is 0 Å². The van der Waals surface area contributed by atoms with E-state index < -0.39 is 12.5 Å². The molecular formula is C15H15F2NO2. The Morgan fingerprint density at radius 3 is 2.40 bits per heavy atom. The molecule has 0 aliphatic rings. The molecule has 0 spiro atoms. The van der Waals surface area contributed by atoms with Gasteiger partial charge in [0.05, 0.1) is 6.04 Å². The predicted octanol–water partition coefficient (Wildman–Crippen LogP) is 3.24. The highest BCUT2D eigenvalue weighted by molar-refractivity contribution is 5.41. The lowest BCUT2D eigenvalue weighted by atomic mass is 10.1. The maximum atomic E-state index is 12.5. The molecule has 2 aromatic rings. The molecule has 2 rings (SSSR count). The third kappa shape index (κ3) is 3.45. The maximum absolute atomic E-state index is 12.5. The molecule has 0 amide bonds. The Morgan fingerprint density at radius 1 is 1.10 bits per heavy atom. The summed E-state index contributed by atoms with van der Waals surface area (Å²) in [6, 6.07) is 12.1. The van der Waals surface area contributed by atoms with Crippen molar-refractivity contribution in [2.24, 2.45) is 5.73 Å². The summed E-state index contributed by atoms with van der Waals surface area (Å²) >= 11 is 0. The second-order valence-corrected chi connectivity index (χ2v) is 4.36. The van der Waals surface area contributed by atoms with Crippen molar-refractivity contribution in [1.29, 1.82) is 0 Å². The van der Waals surface area contributed by atoms with Crippen LogP contribution in [-0.2, 0) is 6.61 Å². The zero-order valence-corrected chi connectivity index (χ0v) is 10.7. The van der Waals surface area contributed by atoms with Gasteiger partial charge in [-0.3, -0.25) is 0 Å². The highest BCUT2D eigenvalue weighted by Crippen LogP contribution is 2.30. The molecule has 1 atom stereocenters. The average molecular weight is 279 g/mol. The van der Waals surface area contributed by atoms with Crippen molar-refractivity contribution in [3.8, 4) is 11.5 Å². The highest BCUT2D eigenvalue weighted by Gasteiger charge is 2.20. The van der Waals surface area contributed by atoms with Gasteiger partial charge in [0.15, 0.2) is 0 Å². The SMILES string of the molecule is N[C@@H](c1ccc(OCc2ccccc2)cc1O)C(F)F. The van der Waals surface area contributed by atoms with E-state index in [1.807, 2.05) is 30.3 Å². The van der Waals surface area contributed by atoms with Gasteiger partial charge in [-0.2, -0.15) is 0 Å². The lowest BCUT2D eigenvalue weighted by Gasteiger charge is -2.14. The van der Waals surface area contributed by atoms with Crippen molar-refractivity contribution >= 4 is 0 Å². The minimum Gasteiger partial charge on any atom is -0.507 e. The van der Waals surface area contributed by atoms with E-state index >= 15 is 0 Å². The second kappa shape index (κ2) is 6.34. The van der Waals surface area contributed by atoms with Crippen LogP contribution in [0.2, 0.25) is 0 Å². The van der Waals surface area contributed by atoms with Gasteiger partial charge in [0.1, 0.15) is 18.1 Å². The summed E-state index contributed by atoms with van der Waals surface area (Å²) in [7, 11) is 0. The van der Waals surface area contributed by atoms with Gasteiger partial charge in [-0.1, -0.05) is 30.3 Å². The number of phenols is 1. The lowest BCUT2D eigenvalue weighted by Crippen LogP contribution is -2.18. The van der Waals surface area contributed by atoms with E-state index in [4.69, 9.17) is 10.5 Å². The molecule has 3 N–H and O–H groups in total. The molecule has 0 aromatic heterocycles. The van der Waals surface area contributed by atoms with E-state index in [9.17, 15) is 13.9 Å². The number of hydrogen-bond acceptors (Lipinski definition) is 3. The summed E-state index contributed by atoms with van der Waals surface area (Å²) in [6.07, 6.45) is -2.73. The normalized spacial score (nSPS) is 12.4. The number of benzene rings is 2. The van der Waals surface area contributed by atoms with Crippen molar-refractivity contribution in [2.45, 2.75) is 19.1 Å². The van der Waals surface area contributed by atoms with Crippen molar-refractivity contribution in [2.75, 3.05) is 0 Å². The standard InChI is InChI=1S/C15H15F2NO2/c16-15(17)14(18)12-7-6-11(8-13(12)19)20-9-10-4-2-1-3-5-10/h1-8,14-15,19H,9,18H2/t14-/m0/s1. The number of hydrogen-bond donors (Lipinski definition) is 2. The molecular weight excluding hydrogens is 264 g/mol. The fraction of sp³-hybridized carbons (Fsp3) is 0.200. The number of halogens is 2. The predicted molar refractivity (Wildman–Crippen MR) is 71.8 cm³/mol. The molecule has 5 heteroatoms. The van der Waals surface area contributed by atoms with Crippen LogP contribution in [0.4, 0.5) is 8.78 Å². The molecule has 0 fully saturated rings. The van der Waals surface area contributed by atoms with Gasteiger partial charge < -0.3 is 15.6 Å². The van der Waals surface area contributed by atoms with Crippen LogP contribution < -0.4 is 10.5 Å². The molecule has 0 unspecified atom stereocenters. The summed E-state index contributed by atoms with van der Waals surface area (Å²) in [5.74, 6) is 0.111. The summed E-state index contributed by atoms with van der Waals surface area (Å²) < 4.78 is 30.5. The quantitative estimate of drug-likeness (QED) is 0.883. The van der Waals surface area contributed by atoms with Crippen LogP contribution in [0.1, 0.15) is 17.2 Å². The Kier molecular flexibility index (Phi) is 4.53. The fourth-order valence-corrected chi connectivity index (χ4v) is 1.77. The van der Waals surface area contributed by atoms with E-state index in [0.717, 1.165) is 5.56 Å². The minimum atomic E-state index is -2.73. The number of aromatic hydroxyl groups is 1. The molecule has 0 saturated carbocycles. The molecule has 20 heavy (non-hydrogen) atoms. The van der Waals surface area contributed by atoms with Gasteiger partial charge in [-0.25, -0.2) is 8.78 Å². The smallest absolute Gasteiger partial charge is 0.257 e. The first-order valence-electron chi connectivity index (χ1n) is 6.11. The van der Waals surface area contributed by atoms with E-state index in [0.29, 0.717) is 12.4 Å². The monoisotopic (exact) mass is 279 g/mol. The molecule has 0 radical (unpaired) electrons. The van der Waals surface area contributed by atoms with Crippen LogP contribution in [-0.4, -0.2) is 11.5 Å². The van der Waals surface area contributed by atoms with Gasteiger partial charge in [0.25, 0.3) is 6.43 Å². The van der Waals surface area contributed by atoms with E-state index in [-0.39, 0.29) is 11.3 Å². The number of phenolic OH excluding ortho intramolecular Hbond substituents is 1. The Bertz CT molecular complexity index is 561. The Morgan fingerprint density at radius 2 is 1.80 bits per heavy atom. The van der Waals surface area contributed by atoms with Crippen LogP contribution in [0.5, 0.6) is 11.5 Å². The Balaban J connectivity index is 2.06. The topological polar surface area (TPSA) is 55.5 Å². The zero-order valence-electron chi connectivity index (χ0n) is 10.7. The molecule has 0 aliphatic carbocycles. The van der Waals surface area contributed by atoms with Crippen LogP contribution in [0.25, 0.3) is 0 Å². The fourth-order valence-electron chi connectivity index (χ4n) is 1.77. The van der Waals surface area contributed by atoms with E-state index in [1.165, 1.54) is 18.2 Å². The molecule has 0 heterocycles. The summed E-state index contributed by atoms with van der Waals surface area (Å²) in [4.78, 5) is 0. The van der Waals surface area contributed by atoms with Crippen molar-refractivity contribution < 1.29 is 18.6 Å². The largest absolute Gasteiger partial charge is 0.507 e. The zero-order chi connectivity index (χ0) is 14.5. The van der Waals surface area contributed by atoms with Gasteiger partial charge in [-0.05, 0) is 17.7 Å². The molecule has 0 saturated heterocycles. The first kappa shape index (κ1) is 14.3. The maximum Gasteiger partial charge on any atom is 0.257 e. The Hall–Kier alpha value is -2.14. The third-order valence-corrected chi connectivity index (χ3v) is 2.88. The summed E-state index contributed by atoms with van der Waals surface area (Å²) in [5, 5.41) is 9.71. The van der Waals surface area contributed by atoms with E-state index in [1.54, 1.807) is 0 Å². The number of nitrogens with two attached hydrogens (primary N) is 1. The van der Waals surface area contributed by atoms with Gasteiger partial charge in [0, 0.05) is 11.6 Å². The minimum absolute atomic E-state index is 0.00654. The molecule has 0 aliphatic heterocycles. The lowest BCUT2D eigenvalue weighted by molar-refractivity contribution is 0.115. The second-order valence-electron chi connectivity index (χ2n) is 4.36. The average Bonchev–Trinajstić information content (AvgIpc) is 2.45. The van der Waals surface area contributed by atoms with Gasteiger partial charge in [0.2, 0.25) is 0 Å². The highest BCUT2D eigenvalue weighted by atomic mass is 19.3. The number of rotatable bonds is 5. The van der Waals surface area contributed by atoms with E-state index in [2.05, 4.69) is 0 Å². The molecule has 3 nitrogen and oxygen atoms in total. The van der Waals surface area contributed by atoms with Crippen molar-refractivity contribution in [3.63, 3.8) is 0 Å². The van der Waals surface area contributed by atoms with Crippen LogP contribution in [0.15, 0.2) is 48.5 Å². The molecule has 0 bridgehead atoms. The molecule has 106 valence electrons. The Labute approximate surface area is 115 Å². The van der Waals surface area contributed by atoms with Crippen molar-refractivity contribution in [1.82, 2.24) is 0 Å². The van der Waals surface area contributed by atoms with Gasteiger partial charge >= 0.3 is 0 Å². The van der Waals surface area contributed by atoms with Gasteiger partial charge in [-0.15, -0.1) is 0 Å². The molecule has 2 aromatic carbocycles. The summed E-state index contributed by atoms with van der Waals surface area (Å²) in [6.45, 7) is 0.334. The first-order chi connectivity index (χ1) is 9.58. The third-order valence-electron chi connectivity index (χ3n) is 2.88. The van der Waals surface area contributed by atoms with Crippen LogP contribution >= 0.6 is 0 Å². The van der Waals surface area contributed by atoms with Crippen LogP contribution in [0.3, 0.4) is 0 Å². The first-order valence-corrected chi connectivity index (χ1v) is 6.11. The number of alkyl halides is 2. The summed E-state index contributed by atoms with van der Waals surface area (Å²) in [5.41, 5.74) is 6.28. The van der Waals surface area contributed by atoms with Crippen molar-refractivity contribution in [3.05, 3.63) is 59.7 Å².